The van der Waals surface area contributed by atoms with E-state index < -0.39 is 0 Å². The number of phenolic OH excluding ortho intramolecular Hbond substituents is 1. The van der Waals surface area contributed by atoms with E-state index in [0.717, 1.165) is 24.4 Å². The fourth-order valence-electron chi connectivity index (χ4n) is 3.19. The number of nitrogens with one attached hydrogen (secondary N) is 1. The van der Waals surface area contributed by atoms with Crippen LogP contribution in [0, 0.1) is 5.92 Å². The van der Waals surface area contributed by atoms with Gasteiger partial charge in [0.15, 0.2) is 0 Å². The molecule has 1 aromatic carbocycles. The normalized spacial score (nSPS) is 18.4. The van der Waals surface area contributed by atoms with Gasteiger partial charge in [0.2, 0.25) is 0 Å². The highest BCUT2D eigenvalue weighted by atomic mass is 16.3. The monoisotopic (exact) mass is 261 g/mol. The first-order valence-electron chi connectivity index (χ1n) is 7.82. The van der Waals surface area contributed by atoms with Gasteiger partial charge >= 0.3 is 0 Å². The first-order valence-corrected chi connectivity index (χ1v) is 7.82. The van der Waals surface area contributed by atoms with Crippen molar-refractivity contribution in [2.45, 2.75) is 57.9 Å². The van der Waals surface area contributed by atoms with Gasteiger partial charge in [0.25, 0.3) is 0 Å². The average Bonchev–Trinajstić information content (AvgIpc) is 2.46. The van der Waals surface area contributed by atoms with Gasteiger partial charge in [-0.2, -0.15) is 0 Å². The van der Waals surface area contributed by atoms with Crippen molar-refractivity contribution in [1.82, 2.24) is 5.32 Å². The third kappa shape index (κ3) is 4.24. The summed E-state index contributed by atoms with van der Waals surface area (Å²) in [5.41, 5.74) is 1.04. The Bertz CT molecular complexity index is 371. The Morgan fingerprint density at radius 1 is 1.21 bits per heavy atom. The van der Waals surface area contributed by atoms with Crippen molar-refractivity contribution in [3.05, 3.63) is 29.8 Å². The van der Waals surface area contributed by atoms with Crippen molar-refractivity contribution in [2.24, 2.45) is 5.92 Å². The van der Waals surface area contributed by atoms with Gasteiger partial charge in [0, 0.05) is 11.6 Å². The summed E-state index contributed by atoms with van der Waals surface area (Å²) in [6.45, 7) is 3.24. The Kier molecular flexibility index (Phi) is 5.71. The zero-order chi connectivity index (χ0) is 13.5. The smallest absolute Gasteiger partial charge is 0.120 e. The number of benzene rings is 1. The lowest BCUT2D eigenvalue weighted by Gasteiger charge is -2.24. The van der Waals surface area contributed by atoms with Crippen LogP contribution in [0.3, 0.4) is 0 Å². The Balaban J connectivity index is 1.81. The minimum absolute atomic E-state index is 0.282. The number of phenols is 1. The summed E-state index contributed by atoms with van der Waals surface area (Å²) in [6.07, 6.45) is 9.39. The molecule has 106 valence electrons. The van der Waals surface area contributed by atoms with Crippen LogP contribution < -0.4 is 5.32 Å². The van der Waals surface area contributed by atoms with Crippen molar-refractivity contribution in [2.75, 3.05) is 6.54 Å². The van der Waals surface area contributed by atoms with Crippen LogP contribution in [-0.2, 0) is 0 Å². The summed E-state index contributed by atoms with van der Waals surface area (Å²) in [6, 6.07) is 7.97. The molecule has 0 amide bonds. The molecule has 0 bridgehead atoms. The van der Waals surface area contributed by atoms with Crippen LogP contribution in [-0.4, -0.2) is 11.7 Å². The van der Waals surface area contributed by atoms with Crippen LogP contribution in [0.5, 0.6) is 5.75 Å². The van der Waals surface area contributed by atoms with Crippen molar-refractivity contribution >= 4 is 0 Å². The Morgan fingerprint density at radius 2 is 1.95 bits per heavy atom. The number of aromatic hydroxyl groups is 1. The van der Waals surface area contributed by atoms with Crippen molar-refractivity contribution < 1.29 is 5.11 Å². The highest BCUT2D eigenvalue weighted by Crippen LogP contribution is 2.28. The molecule has 1 saturated carbocycles. The molecule has 0 aromatic heterocycles. The number of hydrogen-bond donors (Lipinski definition) is 2. The summed E-state index contributed by atoms with van der Waals surface area (Å²) in [5, 5.41) is 13.5. The molecule has 2 heteroatoms. The van der Waals surface area contributed by atoms with Gasteiger partial charge in [-0.25, -0.2) is 0 Å². The summed E-state index contributed by atoms with van der Waals surface area (Å²) in [7, 11) is 0. The molecule has 0 heterocycles. The largest absolute Gasteiger partial charge is 0.508 e. The van der Waals surface area contributed by atoms with E-state index >= 15 is 0 Å². The number of hydrogen-bond acceptors (Lipinski definition) is 2. The lowest BCUT2D eigenvalue weighted by atomic mass is 9.87. The molecule has 19 heavy (non-hydrogen) atoms. The van der Waals surface area contributed by atoms with Crippen molar-refractivity contribution in [3.63, 3.8) is 0 Å². The maximum Gasteiger partial charge on any atom is 0.120 e. The van der Waals surface area contributed by atoms with Crippen LogP contribution in [0.2, 0.25) is 0 Å². The van der Waals surface area contributed by atoms with Crippen molar-refractivity contribution in [3.8, 4) is 5.75 Å². The summed E-state index contributed by atoms with van der Waals surface area (Å²) < 4.78 is 0. The molecule has 2 nitrogen and oxygen atoms in total. The van der Waals surface area contributed by atoms with Crippen LogP contribution >= 0.6 is 0 Å². The molecule has 1 aliphatic carbocycles. The van der Waals surface area contributed by atoms with Crippen LogP contribution in [0.25, 0.3) is 0 Å². The molecule has 0 saturated heterocycles. The molecule has 1 aromatic rings. The molecular formula is C17H27NO. The average molecular weight is 261 g/mol. The van der Waals surface area contributed by atoms with E-state index in [9.17, 15) is 5.11 Å². The fraction of sp³-hybridized carbons (Fsp3) is 0.647. The first kappa shape index (κ1) is 14.4. The standard InChI is InChI=1S/C17H27NO/c1-2-16(15-10-6-7-11-17(15)19)18-13-12-14-8-4-3-5-9-14/h6-7,10-11,14,16,18-19H,2-5,8-9,12-13H2,1H3. The summed E-state index contributed by atoms with van der Waals surface area (Å²) in [5.74, 6) is 1.34. The third-order valence-electron chi connectivity index (χ3n) is 4.39. The zero-order valence-corrected chi connectivity index (χ0v) is 12.1. The van der Waals surface area contributed by atoms with Crippen molar-refractivity contribution in [1.29, 1.82) is 0 Å². The van der Waals surface area contributed by atoms with Gasteiger partial charge in [0.1, 0.15) is 5.75 Å². The number of rotatable bonds is 6. The van der Waals surface area contributed by atoms with Gasteiger partial charge in [0.05, 0.1) is 0 Å². The van der Waals surface area contributed by atoms with E-state index in [4.69, 9.17) is 0 Å². The summed E-state index contributed by atoms with van der Waals surface area (Å²) >= 11 is 0. The van der Waals surface area contributed by atoms with E-state index in [1.807, 2.05) is 18.2 Å². The molecule has 0 spiro atoms. The maximum atomic E-state index is 9.92. The minimum Gasteiger partial charge on any atom is -0.508 e. The second-order valence-electron chi connectivity index (χ2n) is 5.77. The minimum atomic E-state index is 0.282. The van der Waals surface area contributed by atoms with E-state index in [2.05, 4.69) is 12.2 Å². The quantitative estimate of drug-likeness (QED) is 0.795. The molecule has 1 aliphatic rings. The second kappa shape index (κ2) is 7.54. The lowest BCUT2D eigenvalue weighted by molar-refractivity contribution is 0.326. The SMILES string of the molecule is CCC(NCCC1CCCCC1)c1ccccc1O. The fourth-order valence-corrected chi connectivity index (χ4v) is 3.19. The van der Waals surface area contributed by atoms with E-state index in [0.29, 0.717) is 5.75 Å². The molecule has 1 atom stereocenters. The van der Waals surface area contributed by atoms with Crippen LogP contribution in [0.4, 0.5) is 0 Å². The van der Waals surface area contributed by atoms with Gasteiger partial charge < -0.3 is 10.4 Å². The molecule has 0 aliphatic heterocycles. The zero-order valence-electron chi connectivity index (χ0n) is 12.1. The van der Waals surface area contributed by atoms with Gasteiger partial charge in [-0.1, -0.05) is 57.2 Å². The van der Waals surface area contributed by atoms with E-state index in [-0.39, 0.29) is 6.04 Å². The first-order chi connectivity index (χ1) is 9.31. The van der Waals surface area contributed by atoms with Crippen LogP contribution in [0.1, 0.15) is 63.5 Å². The lowest BCUT2D eigenvalue weighted by Crippen LogP contribution is -2.24. The molecule has 2 rings (SSSR count). The predicted octanol–water partition coefficient (Wildman–Crippen LogP) is 4.40. The highest BCUT2D eigenvalue weighted by molar-refractivity contribution is 5.34. The van der Waals surface area contributed by atoms with Gasteiger partial charge in [-0.15, -0.1) is 0 Å². The van der Waals surface area contributed by atoms with Gasteiger partial charge in [-0.05, 0) is 31.4 Å². The van der Waals surface area contributed by atoms with Gasteiger partial charge in [-0.3, -0.25) is 0 Å². The highest BCUT2D eigenvalue weighted by Gasteiger charge is 2.15. The molecule has 2 N–H and O–H groups in total. The van der Waals surface area contributed by atoms with E-state index in [1.54, 1.807) is 6.07 Å². The third-order valence-corrected chi connectivity index (χ3v) is 4.39. The Morgan fingerprint density at radius 3 is 2.63 bits per heavy atom. The van der Waals surface area contributed by atoms with Crippen LogP contribution in [0.15, 0.2) is 24.3 Å². The molecule has 1 unspecified atom stereocenters. The van der Waals surface area contributed by atoms with E-state index in [1.165, 1.54) is 38.5 Å². The molecular weight excluding hydrogens is 234 g/mol. The molecule has 1 fully saturated rings. The Hall–Kier alpha value is -1.02. The predicted molar refractivity (Wildman–Crippen MR) is 80.3 cm³/mol. The maximum absolute atomic E-state index is 9.92. The second-order valence-corrected chi connectivity index (χ2v) is 5.77. The summed E-state index contributed by atoms with van der Waals surface area (Å²) in [4.78, 5) is 0. The topological polar surface area (TPSA) is 32.3 Å². The molecule has 0 radical (unpaired) electrons. The Labute approximate surface area is 117 Å². The number of para-hydroxylation sites is 1.